The number of hydrogen-bond donors (Lipinski definition) is 2. The number of nitrogens with one attached hydrogen (secondary N) is 2. The molecule has 1 aromatic carbocycles. The fraction of sp³-hybridized carbons (Fsp3) is 0.320. The highest BCUT2D eigenvalue weighted by Gasteiger charge is 2.36. The van der Waals surface area contributed by atoms with E-state index in [1.54, 1.807) is 30.3 Å². The van der Waals surface area contributed by atoms with Crippen molar-refractivity contribution >= 4 is 34.7 Å². The molecule has 9 heteroatoms. The average molecular weight is 482 g/mol. The van der Waals surface area contributed by atoms with Crippen molar-refractivity contribution in [1.82, 2.24) is 10.6 Å². The van der Waals surface area contributed by atoms with E-state index < -0.39 is 17.9 Å². The van der Waals surface area contributed by atoms with Gasteiger partial charge in [-0.1, -0.05) is 31.0 Å². The van der Waals surface area contributed by atoms with Gasteiger partial charge >= 0.3 is 0 Å². The Labute approximate surface area is 201 Å². The molecule has 4 rings (SSSR count). The summed E-state index contributed by atoms with van der Waals surface area (Å²) in [6.07, 6.45) is 5.37. The largest absolute Gasteiger partial charge is 0.495 e. The first-order valence-electron chi connectivity index (χ1n) is 11.2. The van der Waals surface area contributed by atoms with Gasteiger partial charge in [0.2, 0.25) is 11.8 Å². The molecule has 0 aliphatic heterocycles. The van der Waals surface area contributed by atoms with Gasteiger partial charge in [-0.25, -0.2) is 0 Å². The van der Waals surface area contributed by atoms with E-state index in [2.05, 4.69) is 10.6 Å². The summed E-state index contributed by atoms with van der Waals surface area (Å²) in [5.41, 5.74) is 0.446. The number of para-hydroxylation sites is 2. The van der Waals surface area contributed by atoms with Gasteiger partial charge in [0, 0.05) is 10.9 Å². The van der Waals surface area contributed by atoms with E-state index in [1.807, 2.05) is 17.5 Å². The maximum absolute atomic E-state index is 13.6. The summed E-state index contributed by atoms with van der Waals surface area (Å²) in [7, 11) is 1.51. The Balaban J connectivity index is 1.67. The fourth-order valence-electron chi connectivity index (χ4n) is 4.15. The van der Waals surface area contributed by atoms with Crippen molar-refractivity contribution in [3.63, 3.8) is 0 Å². The Morgan fingerprint density at radius 3 is 2.59 bits per heavy atom. The standard InChI is InChI=1S/C25H27N3O5S/c1-32-19-11-5-4-10-18(19)28(22(29)16-26-24(30)20-12-6-14-33-20)23(21-13-7-15-34-21)25(31)27-17-8-2-3-9-17/h4-7,10-15,17,23H,2-3,8-9,16H2,1H3,(H,26,30)(H,27,31). The van der Waals surface area contributed by atoms with Crippen molar-refractivity contribution in [2.24, 2.45) is 0 Å². The third-order valence-electron chi connectivity index (χ3n) is 5.78. The van der Waals surface area contributed by atoms with Crippen LogP contribution in [-0.2, 0) is 9.59 Å². The van der Waals surface area contributed by atoms with Crippen molar-refractivity contribution in [2.75, 3.05) is 18.6 Å². The number of furan rings is 1. The van der Waals surface area contributed by atoms with E-state index in [4.69, 9.17) is 9.15 Å². The van der Waals surface area contributed by atoms with Crippen molar-refractivity contribution < 1.29 is 23.5 Å². The van der Waals surface area contributed by atoms with Gasteiger partial charge in [0.05, 0.1) is 25.6 Å². The number of amides is 3. The minimum Gasteiger partial charge on any atom is -0.495 e. The lowest BCUT2D eigenvalue weighted by molar-refractivity contribution is -0.126. The minimum atomic E-state index is -0.912. The van der Waals surface area contributed by atoms with Crippen LogP contribution < -0.4 is 20.3 Å². The second kappa shape index (κ2) is 11.0. The monoisotopic (exact) mass is 481 g/mol. The summed E-state index contributed by atoms with van der Waals surface area (Å²) >= 11 is 1.40. The zero-order valence-corrected chi connectivity index (χ0v) is 19.7. The predicted octanol–water partition coefficient (Wildman–Crippen LogP) is 3.91. The summed E-state index contributed by atoms with van der Waals surface area (Å²) in [6.45, 7) is -0.323. The van der Waals surface area contributed by atoms with E-state index >= 15 is 0 Å². The first-order valence-corrected chi connectivity index (χ1v) is 12.1. The second-order valence-electron chi connectivity index (χ2n) is 8.00. The third-order valence-corrected chi connectivity index (χ3v) is 6.70. The van der Waals surface area contributed by atoms with Crippen molar-refractivity contribution in [3.8, 4) is 5.75 Å². The van der Waals surface area contributed by atoms with Crippen LogP contribution in [0.4, 0.5) is 5.69 Å². The number of carbonyl (C=O) groups is 3. The Hall–Kier alpha value is -3.59. The summed E-state index contributed by atoms with van der Waals surface area (Å²) < 4.78 is 10.6. The summed E-state index contributed by atoms with van der Waals surface area (Å²) in [4.78, 5) is 41.7. The zero-order chi connectivity index (χ0) is 23.9. The Kier molecular flexibility index (Phi) is 7.64. The normalized spacial score (nSPS) is 14.4. The van der Waals surface area contributed by atoms with Gasteiger partial charge in [-0.2, -0.15) is 0 Å². The Morgan fingerprint density at radius 2 is 1.91 bits per heavy atom. The molecule has 2 aromatic heterocycles. The molecule has 1 aliphatic rings. The number of anilines is 1. The molecule has 0 saturated heterocycles. The number of ether oxygens (including phenoxy) is 1. The summed E-state index contributed by atoms with van der Waals surface area (Å²) in [5, 5.41) is 7.59. The number of benzene rings is 1. The lowest BCUT2D eigenvalue weighted by Gasteiger charge is -2.32. The van der Waals surface area contributed by atoms with Crippen LogP contribution >= 0.6 is 11.3 Å². The van der Waals surface area contributed by atoms with Crippen molar-refractivity contribution in [1.29, 1.82) is 0 Å². The van der Waals surface area contributed by atoms with E-state index in [9.17, 15) is 14.4 Å². The molecule has 0 spiro atoms. The van der Waals surface area contributed by atoms with Crippen LogP contribution in [0.3, 0.4) is 0 Å². The maximum atomic E-state index is 13.6. The molecule has 0 bridgehead atoms. The van der Waals surface area contributed by atoms with Gasteiger partial charge < -0.3 is 19.8 Å². The zero-order valence-electron chi connectivity index (χ0n) is 18.9. The van der Waals surface area contributed by atoms with E-state index in [1.165, 1.54) is 35.7 Å². The molecule has 2 heterocycles. The second-order valence-corrected chi connectivity index (χ2v) is 8.98. The van der Waals surface area contributed by atoms with E-state index in [-0.39, 0.29) is 24.3 Å². The molecule has 0 radical (unpaired) electrons. The Bertz CT molecular complexity index is 1110. The third kappa shape index (κ3) is 5.31. The molecule has 1 saturated carbocycles. The molecule has 2 N–H and O–H groups in total. The van der Waals surface area contributed by atoms with Crippen LogP contribution in [0, 0.1) is 0 Å². The topological polar surface area (TPSA) is 101 Å². The number of thiophene rings is 1. The maximum Gasteiger partial charge on any atom is 0.287 e. The SMILES string of the molecule is COc1ccccc1N(C(=O)CNC(=O)c1ccco1)C(C(=O)NC1CCCC1)c1cccs1. The first kappa shape index (κ1) is 23.6. The number of rotatable bonds is 9. The van der Waals surface area contributed by atoms with Gasteiger partial charge in [-0.3, -0.25) is 19.3 Å². The molecule has 8 nitrogen and oxygen atoms in total. The molecule has 34 heavy (non-hydrogen) atoms. The quantitative estimate of drug-likeness (QED) is 0.483. The molecule has 1 fully saturated rings. The fourth-order valence-corrected chi connectivity index (χ4v) is 4.97. The van der Waals surface area contributed by atoms with Crippen LogP contribution in [0.15, 0.2) is 64.6 Å². The highest BCUT2D eigenvalue weighted by atomic mass is 32.1. The first-order chi connectivity index (χ1) is 16.6. The molecule has 3 amide bonds. The number of hydrogen-bond acceptors (Lipinski definition) is 6. The minimum absolute atomic E-state index is 0.0863. The van der Waals surface area contributed by atoms with Gasteiger partial charge in [0.25, 0.3) is 5.91 Å². The molecule has 178 valence electrons. The number of methoxy groups -OCH3 is 1. The number of nitrogens with zero attached hydrogens (tertiary/aromatic N) is 1. The highest BCUT2D eigenvalue weighted by molar-refractivity contribution is 7.10. The average Bonchev–Trinajstić information content (AvgIpc) is 3.64. The van der Waals surface area contributed by atoms with E-state index in [0.29, 0.717) is 16.3 Å². The van der Waals surface area contributed by atoms with Gasteiger partial charge in [-0.15, -0.1) is 11.3 Å². The molecular formula is C25H27N3O5S. The lowest BCUT2D eigenvalue weighted by Crippen LogP contribution is -2.49. The van der Waals surface area contributed by atoms with Gasteiger partial charge in [0.15, 0.2) is 5.76 Å². The number of carbonyl (C=O) groups excluding carboxylic acids is 3. The Morgan fingerprint density at radius 1 is 1.12 bits per heavy atom. The van der Waals surface area contributed by atoms with Crippen LogP contribution in [0.1, 0.15) is 47.2 Å². The molecule has 3 aromatic rings. The van der Waals surface area contributed by atoms with Crippen LogP contribution in [0.25, 0.3) is 0 Å². The van der Waals surface area contributed by atoms with Crippen LogP contribution in [0.5, 0.6) is 5.75 Å². The summed E-state index contributed by atoms with van der Waals surface area (Å²) in [6, 6.07) is 13.0. The molecular weight excluding hydrogens is 454 g/mol. The molecule has 1 aliphatic carbocycles. The summed E-state index contributed by atoms with van der Waals surface area (Å²) in [5.74, 6) is -0.675. The van der Waals surface area contributed by atoms with Crippen molar-refractivity contribution in [3.05, 3.63) is 70.8 Å². The van der Waals surface area contributed by atoms with Crippen LogP contribution in [-0.4, -0.2) is 37.4 Å². The smallest absolute Gasteiger partial charge is 0.287 e. The van der Waals surface area contributed by atoms with Crippen molar-refractivity contribution in [2.45, 2.75) is 37.8 Å². The highest BCUT2D eigenvalue weighted by Crippen LogP contribution is 2.36. The van der Waals surface area contributed by atoms with Gasteiger partial charge in [0.1, 0.15) is 11.8 Å². The molecule has 1 atom stereocenters. The van der Waals surface area contributed by atoms with Crippen LogP contribution in [0.2, 0.25) is 0 Å². The predicted molar refractivity (Wildman–Crippen MR) is 129 cm³/mol. The molecule has 1 unspecified atom stereocenters. The van der Waals surface area contributed by atoms with Gasteiger partial charge in [-0.05, 0) is 48.6 Å². The van der Waals surface area contributed by atoms with E-state index in [0.717, 1.165) is 25.7 Å². The lowest BCUT2D eigenvalue weighted by atomic mass is 10.1.